The van der Waals surface area contributed by atoms with Crippen molar-refractivity contribution in [1.29, 1.82) is 0 Å². The van der Waals surface area contributed by atoms with Crippen LogP contribution in [0.1, 0.15) is 73.1 Å². The molecular weight excluding hydrogens is 380 g/mol. The quantitative estimate of drug-likeness (QED) is 0.767. The van der Waals surface area contributed by atoms with Crippen molar-refractivity contribution in [3.05, 3.63) is 23.9 Å². The van der Waals surface area contributed by atoms with E-state index in [4.69, 9.17) is 0 Å². The van der Waals surface area contributed by atoms with Crippen molar-refractivity contribution in [3.63, 3.8) is 0 Å². The zero-order valence-corrected chi connectivity index (χ0v) is 18.8. The first-order chi connectivity index (χ1) is 14.0. The number of nitrogens with one attached hydrogen (secondary N) is 1. The number of amidine groups is 1. The van der Waals surface area contributed by atoms with Crippen LogP contribution in [-0.2, 0) is 14.4 Å². The third-order valence-corrected chi connectivity index (χ3v) is 5.96. The van der Waals surface area contributed by atoms with Crippen LogP contribution < -0.4 is 5.32 Å². The molecule has 0 aromatic heterocycles. The first kappa shape index (κ1) is 22.2. The summed E-state index contributed by atoms with van der Waals surface area (Å²) in [7, 11) is 0. The first-order valence-electron chi connectivity index (χ1n) is 10.9. The number of carbonyl (C=O) groups is 3. The molecule has 1 saturated carbocycles. The second-order valence-electron chi connectivity index (χ2n) is 9.84. The van der Waals surface area contributed by atoms with Crippen molar-refractivity contribution >= 4 is 23.6 Å². The van der Waals surface area contributed by atoms with Gasteiger partial charge in [0.25, 0.3) is 5.91 Å². The second-order valence-corrected chi connectivity index (χ2v) is 9.84. The molecular formula is C23H34N4O3. The Morgan fingerprint density at radius 1 is 1.27 bits per heavy atom. The summed E-state index contributed by atoms with van der Waals surface area (Å²) in [6.07, 6.45) is 10.5. The van der Waals surface area contributed by atoms with Gasteiger partial charge in [-0.3, -0.25) is 14.4 Å². The number of hydrogen-bond acceptors (Lipinski definition) is 4. The van der Waals surface area contributed by atoms with E-state index < -0.39 is 5.54 Å². The van der Waals surface area contributed by atoms with Gasteiger partial charge in [-0.15, -0.1) is 0 Å². The molecule has 164 valence electrons. The van der Waals surface area contributed by atoms with Crippen LogP contribution in [0.25, 0.3) is 0 Å². The van der Waals surface area contributed by atoms with Gasteiger partial charge in [0.15, 0.2) is 0 Å². The summed E-state index contributed by atoms with van der Waals surface area (Å²) in [5, 5.41) is 2.97. The largest absolute Gasteiger partial charge is 0.350 e. The molecule has 0 spiro atoms. The number of fused-ring (bicyclic) bond motifs is 1. The van der Waals surface area contributed by atoms with Crippen LogP contribution in [0, 0.1) is 0 Å². The van der Waals surface area contributed by atoms with Gasteiger partial charge in [-0.2, -0.15) is 4.99 Å². The Morgan fingerprint density at radius 2 is 1.93 bits per heavy atom. The van der Waals surface area contributed by atoms with E-state index in [-0.39, 0.29) is 42.3 Å². The number of nitrogens with zero attached hydrogens (tertiary/aromatic N) is 3. The van der Waals surface area contributed by atoms with E-state index in [1.165, 1.54) is 0 Å². The standard InChI is InChI=1S/C23H34N4O3/c1-16-10-9-13-18-24-19(28)14-23(5,27(16)18)21(30)26(17-11-7-6-8-12-17)15-20(29)25-22(2,3)4/h9-10,13,17H,6-8,11-12,14-15H2,1-5H3,(H,25,29)/t23-/m1/s1. The SMILES string of the molecule is CC1=CC=CC2=NC(=O)C[C@](C)(C(=O)N(CC(=O)NC(C)(C)C)C3CCCCC3)N12. The van der Waals surface area contributed by atoms with Crippen LogP contribution in [0.15, 0.2) is 28.9 Å². The molecule has 7 nitrogen and oxygen atoms in total. The topological polar surface area (TPSA) is 82.1 Å². The Hall–Kier alpha value is -2.44. The Bertz CT molecular complexity index is 815. The molecule has 3 amide bonds. The fraction of sp³-hybridized carbons (Fsp3) is 0.652. The molecule has 1 N–H and O–H groups in total. The Labute approximate surface area is 179 Å². The minimum absolute atomic E-state index is 0.00152. The molecule has 7 heteroatoms. The number of aliphatic imine (C=N–C) groups is 1. The summed E-state index contributed by atoms with van der Waals surface area (Å²) in [5.74, 6) is -0.168. The van der Waals surface area contributed by atoms with Crippen molar-refractivity contribution in [2.45, 2.75) is 90.3 Å². The first-order valence-corrected chi connectivity index (χ1v) is 10.9. The van der Waals surface area contributed by atoms with Crippen LogP contribution in [0.2, 0.25) is 0 Å². The molecule has 0 saturated heterocycles. The van der Waals surface area contributed by atoms with Gasteiger partial charge in [-0.05, 0) is 59.6 Å². The Morgan fingerprint density at radius 3 is 2.57 bits per heavy atom. The number of rotatable bonds is 4. The molecule has 2 heterocycles. The summed E-state index contributed by atoms with van der Waals surface area (Å²) < 4.78 is 0. The maximum Gasteiger partial charge on any atom is 0.250 e. The Balaban J connectivity index is 1.93. The van der Waals surface area contributed by atoms with Crippen LogP contribution >= 0.6 is 0 Å². The second kappa shape index (κ2) is 8.36. The molecule has 0 aromatic carbocycles. The zero-order valence-electron chi connectivity index (χ0n) is 18.8. The summed E-state index contributed by atoms with van der Waals surface area (Å²) >= 11 is 0. The lowest BCUT2D eigenvalue weighted by atomic mass is 9.86. The molecule has 0 unspecified atom stereocenters. The average molecular weight is 415 g/mol. The van der Waals surface area contributed by atoms with Gasteiger partial charge < -0.3 is 15.1 Å². The van der Waals surface area contributed by atoms with E-state index in [9.17, 15) is 14.4 Å². The van der Waals surface area contributed by atoms with E-state index in [1.54, 1.807) is 17.9 Å². The maximum absolute atomic E-state index is 14.0. The maximum atomic E-state index is 14.0. The lowest BCUT2D eigenvalue weighted by Crippen LogP contribution is -2.64. The summed E-state index contributed by atoms with van der Waals surface area (Å²) in [5.41, 5.74) is -0.610. The predicted octanol–water partition coefficient (Wildman–Crippen LogP) is 2.93. The van der Waals surface area contributed by atoms with Crippen molar-refractivity contribution in [1.82, 2.24) is 15.1 Å². The highest BCUT2D eigenvalue weighted by Crippen LogP contribution is 2.35. The van der Waals surface area contributed by atoms with Crippen LogP contribution in [0.5, 0.6) is 0 Å². The lowest BCUT2D eigenvalue weighted by Gasteiger charge is -2.48. The van der Waals surface area contributed by atoms with Gasteiger partial charge in [0.05, 0.1) is 13.0 Å². The molecule has 3 aliphatic rings. The zero-order chi connectivity index (χ0) is 22.1. The van der Waals surface area contributed by atoms with E-state index >= 15 is 0 Å². The number of hydrogen-bond donors (Lipinski definition) is 1. The van der Waals surface area contributed by atoms with E-state index in [0.29, 0.717) is 5.84 Å². The third-order valence-electron chi connectivity index (χ3n) is 5.96. The number of amides is 3. The highest BCUT2D eigenvalue weighted by atomic mass is 16.2. The molecule has 0 aromatic rings. The van der Waals surface area contributed by atoms with Gasteiger partial charge in [0.2, 0.25) is 11.8 Å². The van der Waals surface area contributed by atoms with E-state index in [1.807, 2.05) is 44.7 Å². The lowest BCUT2D eigenvalue weighted by molar-refractivity contribution is -0.149. The normalized spacial score (nSPS) is 24.7. The number of carbonyl (C=O) groups excluding carboxylic acids is 3. The van der Waals surface area contributed by atoms with Gasteiger partial charge in [0.1, 0.15) is 11.4 Å². The smallest absolute Gasteiger partial charge is 0.250 e. The average Bonchev–Trinajstić information content (AvgIpc) is 2.64. The summed E-state index contributed by atoms with van der Waals surface area (Å²) in [4.78, 5) is 47.0. The van der Waals surface area contributed by atoms with Crippen LogP contribution in [0.3, 0.4) is 0 Å². The van der Waals surface area contributed by atoms with Gasteiger partial charge in [-0.25, -0.2) is 0 Å². The van der Waals surface area contributed by atoms with Gasteiger partial charge >= 0.3 is 0 Å². The van der Waals surface area contributed by atoms with E-state index in [2.05, 4.69) is 10.3 Å². The van der Waals surface area contributed by atoms with Crippen molar-refractivity contribution in [2.75, 3.05) is 6.54 Å². The molecule has 0 bridgehead atoms. The molecule has 1 aliphatic carbocycles. The van der Waals surface area contributed by atoms with Gasteiger partial charge in [-0.1, -0.05) is 25.3 Å². The molecule has 0 radical (unpaired) electrons. The fourth-order valence-electron chi connectivity index (χ4n) is 4.73. The van der Waals surface area contributed by atoms with Crippen LogP contribution in [0.4, 0.5) is 0 Å². The fourth-order valence-corrected chi connectivity index (χ4v) is 4.73. The third kappa shape index (κ3) is 4.65. The van der Waals surface area contributed by atoms with Crippen LogP contribution in [-0.4, -0.2) is 57.0 Å². The van der Waals surface area contributed by atoms with Crippen molar-refractivity contribution in [3.8, 4) is 0 Å². The minimum Gasteiger partial charge on any atom is -0.350 e. The molecule has 30 heavy (non-hydrogen) atoms. The van der Waals surface area contributed by atoms with Gasteiger partial charge in [0, 0.05) is 17.3 Å². The molecule has 3 rings (SSSR count). The molecule has 2 aliphatic heterocycles. The number of allylic oxidation sites excluding steroid dienone is 3. The summed E-state index contributed by atoms with van der Waals surface area (Å²) in [6.45, 7) is 9.50. The minimum atomic E-state index is -1.10. The Kier molecular flexibility index (Phi) is 6.20. The van der Waals surface area contributed by atoms with Crippen molar-refractivity contribution in [2.24, 2.45) is 4.99 Å². The van der Waals surface area contributed by atoms with Crippen molar-refractivity contribution < 1.29 is 14.4 Å². The van der Waals surface area contributed by atoms with E-state index in [0.717, 1.165) is 37.8 Å². The highest BCUT2D eigenvalue weighted by molar-refractivity contribution is 6.10. The molecule has 1 atom stereocenters. The highest BCUT2D eigenvalue weighted by Gasteiger charge is 2.50. The monoisotopic (exact) mass is 414 g/mol. The molecule has 1 fully saturated rings. The predicted molar refractivity (Wildman–Crippen MR) is 117 cm³/mol. The summed E-state index contributed by atoms with van der Waals surface area (Å²) in [6, 6.07) is 0.0100.